The zero-order chi connectivity index (χ0) is 15.5. The van der Waals surface area contributed by atoms with Crippen molar-refractivity contribution >= 4 is 0 Å². The third-order valence-corrected chi connectivity index (χ3v) is 2.71. The minimum Gasteiger partial charge on any atom is -0.497 e. The summed E-state index contributed by atoms with van der Waals surface area (Å²) in [4.78, 5) is 0. The van der Waals surface area contributed by atoms with Crippen LogP contribution in [0.3, 0.4) is 0 Å². The van der Waals surface area contributed by atoms with Crippen LogP contribution in [0.2, 0.25) is 0 Å². The van der Waals surface area contributed by atoms with Crippen LogP contribution in [0.4, 0.5) is 13.2 Å². The molecule has 0 unspecified atom stereocenters. The van der Waals surface area contributed by atoms with Gasteiger partial charge in [-0.25, -0.2) is 0 Å². The van der Waals surface area contributed by atoms with Gasteiger partial charge < -0.3 is 9.47 Å². The van der Waals surface area contributed by atoms with Crippen molar-refractivity contribution in [2.75, 3.05) is 7.11 Å². The van der Waals surface area contributed by atoms with Crippen molar-refractivity contribution in [1.29, 1.82) is 5.26 Å². The molecule has 2 rings (SSSR count). The molecule has 6 heteroatoms. The molecule has 2 aromatic carbocycles. The second-order valence-electron chi connectivity index (χ2n) is 4.07. The highest BCUT2D eigenvalue weighted by Gasteiger charge is 2.34. The van der Waals surface area contributed by atoms with Gasteiger partial charge in [0.1, 0.15) is 28.9 Å². The van der Waals surface area contributed by atoms with Crippen LogP contribution >= 0.6 is 0 Å². The first-order chi connectivity index (χ1) is 9.95. The number of benzene rings is 2. The maximum absolute atomic E-state index is 12.8. The van der Waals surface area contributed by atoms with Crippen molar-refractivity contribution in [2.24, 2.45) is 0 Å². The van der Waals surface area contributed by atoms with Crippen LogP contribution in [0.25, 0.3) is 0 Å². The summed E-state index contributed by atoms with van der Waals surface area (Å²) in [7, 11) is 1.46. The van der Waals surface area contributed by atoms with Crippen LogP contribution in [-0.2, 0) is 6.18 Å². The summed E-state index contributed by atoms with van der Waals surface area (Å²) in [6.07, 6.45) is -4.61. The van der Waals surface area contributed by atoms with Gasteiger partial charge in [0.2, 0.25) is 0 Å². The Bertz CT molecular complexity index is 690. The van der Waals surface area contributed by atoms with E-state index in [1.54, 1.807) is 24.3 Å². The molecule has 21 heavy (non-hydrogen) atoms. The van der Waals surface area contributed by atoms with Crippen molar-refractivity contribution in [3.63, 3.8) is 0 Å². The molecule has 0 radical (unpaired) electrons. The summed E-state index contributed by atoms with van der Waals surface area (Å²) < 4.78 is 48.9. The second kappa shape index (κ2) is 5.75. The Labute approximate surface area is 119 Å². The SMILES string of the molecule is COc1cccc(Oc2cccc(C(F)(F)F)c2C#N)c1. The van der Waals surface area contributed by atoms with E-state index in [4.69, 9.17) is 14.7 Å². The molecule has 0 atom stereocenters. The maximum atomic E-state index is 12.8. The van der Waals surface area contributed by atoms with Gasteiger partial charge in [-0.1, -0.05) is 12.1 Å². The molecule has 3 nitrogen and oxygen atoms in total. The van der Waals surface area contributed by atoms with Gasteiger partial charge >= 0.3 is 6.18 Å². The molecule has 0 heterocycles. The molecular formula is C15H10F3NO2. The molecular weight excluding hydrogens is 283 g/mol. The van der Waals surface area contributed by atoms with Gasteiger partial charge in [-0.2, -0.15) is 18.4 Å². The fourth-order valence-electron chi connectivity index (χ4n) is 1.76. The van der Waals surface area contributed by atoms with Crippen LogP contribution in [0.15, 0.2) is 42.5 Å². The average molecular weight is 293 g/mol. The number of nitrogens with zero attached hydrogens (tertiary/aromatic N) is 1. The standard InChI is InChI=1S/C15H10F3NO2/c1-20-10-4-2-5-11(8-10)21-14-7-3-6-13(12(14)9-19)15(16,17)18/h2-8H,1H3. The van der Waals surface area contributed by atoms with E-state index in [-0.39, 0.29) is 11.5 Å². The number of hydrogen-bond donors (Lipinski definition) is 0. The normalized spacial score (nSPS) is 10.8. The number of halogens is 3. The summed E-state index contributed by atoms with van der Waals surface area (Å²) >= 11 is 0. The molecule has 0 amide bonds. The summed E-state index contributed by atoms with van der Waals surface area (Å²) in [5.41, 5.74) is -1.57. The molecule has 0 N–H and O–H groups in total. The second-order valence-corrected chi connectivity index (χ2v) is 4.07. The zero-order valence-corrected chi connectivity index (χ0v) is 10.9. The first-order valence-corrected chi connectivity index (χ1v) is 5.88. The van der Waals surface area contributed by atoms with E-state index in [0.717, 1.165) is 6.07 Å². The molecule has 0 aliphatic heterocycles. The number of nitriles is 1. The molecule has 0 aliphatic carbocycles. The first kappa shape index (κ1) is 14.7. The molecule has 108 valence electrons. The molecule has 0 aromatic heterocycles. The molecule has 2 aromatic rings. The monoisotopic (exact) mass is 293 g/mol. The highest BCUT2D eigenvalue weighted by atomic mass is 19.4. The first-order valence-electron chi connectivity index (χ1n) is 5.88. The lowest BCUT2D eigenvalue weighted by Gasteiger charge is -2.13. The number of alkyl halides is 3. The maximum Gasteiger partial charge on any atom is 0.417 e. The molecule has 0 aliphatic rings. The van der Waals surface area contributed by atoms with Crippen molar-refractivity contribution in [3.8, 4) is 23.3 Å². The predicted octanol–water partition coefficient (Wildman–Crippen LogP) is 4.38. The van der Waals surface area contributed by atoms with E-state index in [2.05, 4.69) is 0 Å². The number of rotatable bonds is 3. The minimum absolute atomic E-state index is 0.152. The lowest BCUT2D eigenvalue weighted by molar-refractivity contribution is -0.137. The van der Waals surface area contributed by atoms with Gasteiger partial charge in [-0.05, 0) is 24.3 Å². The van der Waals surface area contributed by atoms with E-state index in [9.17, 15) is 13.2 Å². The Morgan fingerprint density at radius 2 is 1.71 bits per heavy atom. The lowest BCUT2D eigenvalue weighted by atomic mass is 10.1. The van der Waals surface area contributed by atoms with E-state index < -0.39 is 17.3 Å². The number of methoxy groups -OCH3 is 1. The minimum atomic E-state index is -4.61. The molecule has 0 saturated carbocycles. The van der Waals surface area contributed by atoms with Crippen LogP contribution in [0.5, 0.6) is 17.2 Å². The van der Waals surface area contributed by atoms with E-state index in [0.29, 0.717) is 5.75 Å². The highest BCUT2D eigenvalue weighted by molar-refractivity contribution is 5.51. The zero-order valence-electron chi connectivity index (χ0n) is 10.9. The fourth-order valence-corrected chi connectivity index (χ4v) is 1.76. The van der Waals surface area contributed by atoms with Gasteiger partial charge in [0.15, 0.2) is 0 Å². The molecule has 0 spiro atoms. The Balaban J connectivity index is 2.43. The van der Waals surface area contributed by atoms with Crippen LogP contribution in [0, 0.1) is 11.3 Å². The van der Waals surface area contributed by atoms with Gasteiger partial charge in [0.05, 0.1) is 12.7 Å². The molecule has 0 fully saturated rings. The Hall–Kier alpha value is -2.68. The van der Waals surface area contributed by atoms with Gasteiger partial charge in [0.25, 0.3) is 0 Å². The number of hydrogen-bond acceptors (Lipinski definition) is 3. The van der Waals surface area contributed by atoms with E-state index in [1.807, 2.05) is 0 Å². The third-order valence-electron chi connectivity index (χ3n) is 2.71. The topological polar surface area (TPSA) is 42.2 Å². The fraction of sp³-hybridized carbons (Fsp3) is 0.133. The van der Waals surface area contributed by atoms with E-state index in [1.165, 1.54) is 25.3 Å². The summed E-state index contributed by atoms with van der Waals surface area (Å²) in [6, 6.07) is 11.3. The Kier molecular flexibility index (Phi) is 4.03. The quantitative estimate of drug-likeness (QED) is 0.843. The van der Waals surface area contributed by atoms with Crippen LogP contribution < -0.4 is 9.47 Å². The number of ether oxygens (including phenoxy) is 2. The van der Waals surface area contributed by atoms with Crippen molar-refractivity contribution < 1.29 is 22.6 Å². The Morgan fingerprint density at radius 1 is 1.05 bits per heavy atom. The van der Waals surface area contributed by atoms with Crippen molar-refractivity contribution in [3.05, 3.63) is 53.6 Å². The van der Waals surface area contributed by atoms with Crippen LogP contribution in [0.1, 0.15) is 11.1 Å². The van der Waals surface area contributed by atoms with Crippen molar-refractivity contribution in [2.45, 2.75) is 6.18 Å². The smallest absolute Gasteiger partial charge is 0.417 e. The van der Waals surface area contributed by atoms with Crippen molar-refractivity contribution in [1.82, 2.24) is 0 Å². The van der Waals surface area contributed by atoms with Crippen LogP contribution in [-0.4, -0.2) is 7.11 Å². The van der Waals surface area contributed by atoms with Gasteiger partial charge in [-0.3, -0.25) is 0 Å². The Morgan fingerprint density at radius 3 is 2.33 bits per heavy atom. The summed E-state index contributed by atoms with van der Waals surface area (Å²) in [5.74, 6) is 0.628. The van der Waals surface area contributed by atoms with E-state index >= 15 is 0 Å². The largest absolute Gasteiger partial charge is 0.497 e. The molecule has 0 bridgehead atoms. The summed E-state index contributed by atoms with van der Waals surface area (Å²) in [6.45, 7) is 0. The highest BCUT2D eigenvalue weighted by Crippen LogP contribution is 2.37. The van der Waals surface area contributed by atoms with Gasteiger partial charge in [0, 0.05) is 6.07 Å². The lowest BCUT2D eigenvalue weighted by Crippen LogP contribution is -2.08. The summed E-state index contributed by atoms with van der Waals surface area (Å²) in [5, 5.41) is 8.99. The van der Waals surface area contributed by atoms with Gasteiger partial charge in [-0.15, -0.1) is 0 Å². The average Bonchev–Trinajstić information content (AvgIpc) is 2.46. The third kappa shape index (κ3) is 3.26. The molecule has 0 saturated heterocycles. The predicted molar refractivity (Wildman–Crippen MR) is 69.2 cm³/mol.